The van der Waals surface area contributed by atoms with E-state index in [-0.39, 0.29) is 17.4 Å². The maximum absolute atomic E-state index is 14.2. The standard InChI is InChI=1S/C37H32BrN3O4/c1-2-45-33-14-13-26(38)19-25(33)20-32-35(42)39-37(44)41(36(32)43)27-21-30-28(23-9-5-3-6-10-23)15-17-40-18-16-29(31(22-27)34(30)40)24-11-7-4-8-12-24/h3-14,19-22,28-29H,2,15-18H2,1H3,(H,39,42,44)/b32-20+/t28-,29-/m0/s1. The van der Waals surface area contributed by atoms with Crippen molar-refractivity contribution in [1.82, 2.24) is 5.32 Å². The zero-order valence-corrected chi connectivity index (χ0v) is 26.4. The molecule has 0 unspecified atom stereocenters. The van der Waals surface area contributed by atoms with Gasteiger partial charge in [-0.15, -0.1) is 0 Å². The average molecular weight is 663 g/mol. The van der Waals surface area contributed by atoms with Crippen LogP contribution in [0.25, 0.3) is 6.08 Å². The second kappa shape index (κ2) is 12.0. The summed E-state index contributed by atoms with van der Waals surface area (Å²) in [5.74, 6) is -0.680. The van der Waals surface area contributed by atoms with Gasteiger partial charge in [0.1, 0.15) is 11.3 Å². The lowest BCUT2D eigenvalue weighted by Crippen LogP contribution is -2.54. The first kappa shape index (κ1) is 29.0. The van der Waals surface area contributed by atoms with E-state index in [2.05, 4.69) is 50.4 Å². The molecular formula is C37H32BrN3O4. The highest BCUT2D eigenvalue weighted by molar-refractivity contribution is 9.10. The minimum absolute atomic E-state index is 0.0979. The lowest BCUT2D eigenvalue weighted by atomic mass is 9.76. The molecule has 3 aliphatic heterocycles. The van der Waals surface area contributed by atoms with Gasteiger partial charge in [-0.05, 0) is 78.4 Å². The van der Waals surface area contributed by atoms with Crippen LogP contribution in [0.1, 0.15) is 59.4 Å². The first-order valence-electron chi connectivity index (χ1n) is 15.3. The molecule has 0 aromatic heterocycles. The van der Waals surface area contributed by atoms with Gasteiger partial charge in [-0.3, -0.25) is 14.9 Å². The average Bonchev–Trinajstić information content (AvgIpc) is 3.05. The third kappa shape index (κ3) is 5.33. The predicted octanol–water partition coefficient (Wildman–Crippen LogP) is 7.39. The van der Waals surface area contributed by atoms with E-state index >= 15 is 0 Å². The van der Waals surface area contributed by atoms with Crippen LogP contribution in [0.5, 0.6) is 5.75 Å². The molecule has 7 rings (SSSR count). The molecule has 2 atom stereocenters. The van der Waals surface area contributed by atoms with Crippen molar-refractivity contribution in [3.05, 3.63) is 129 Å². The molecule has 3 heterocycles. The number of rotatable bonds is 6. The maximum atomic E-state index is 14.2. The number of nitrogens with one attached hydrogen (secondary N) is 1. The van der Waals surface area contributed by atoms with Crippen molar-refractivity contribution < 1.29 is 19.1 Å². The van der Waals surface area contributed by atoms with Crippen LogP contribution in [-0.2, 0) is 9.59 Å². The monoisotopic (exact) mass is 661 g/mol. The smallest absolute Gasteiger partial charge is 0.335 e. The Hall–Kier alpha value is -4.69. The van der Waals surface area contributed by atoms with Gasteiger partial charge >= 0.3 is 6.03 Å². The second-order valence-electron chi connectivity index (χ2n) is 11.5. The van der Waals surface area contributed by atoms with Crippen LogP contribution >= 0.6 is 15.9 Å². The number of urea groups is 1. The molecule has 45 heavy (non-hydrogen) atoms. The molecule has 226 valence electrons. The Morgan fingerprint density at radius 3 is 2.02 bits per heavy atom. The van der Waals surface area contributed by atoms with Gasteiger partial charge < -0.3 is 9.64 Å². The molecule has 4 aromatic rings. The number of hydrogen-bond acceptors (Lipinski definition) is 5. The molecule has 4 aromatic carbocycles. The third-order valence-electron chi connectivity index (χ3n) is 8.93. The Morgan fingerprint density at radius 2 is 1.44 bits per heavy atom. The van der Waals surface area contributed by atoms with Crippen molar-refractivity contribution in [2.45, 2.75) is 31.6 Å². The summed E-state index contributed by atoms with van der Waals surface area (Å²) in [6, 6.07) is 29.4. The van der Waals surface area contributed by atoms with E-state index < -0.39 is 17.8 Å². The molecule has 3 aliphatic rings. The third-order valence-corrected chi connectivity index (χ3v) is 9.42. The highest BCUT2D eigenvalue weighted by Gasteiger charge is 2.40. The summed E-state index contributed by atoms with van der Waals surface area (Å²) in [4.78, 5) is 44.3. The molecule has 1 saturated heterocycles. The molecule has 0 saturated carbocycles. The first-order chi connectivity index (χ1) is 21.9. The van der Waals surface area contributed by atoms with Gasteiger partial charge in [0.15, 0.2) is 0 Å². The van der Waals surface area contributed by atoms with Crippen LogP contribution in [0.3, 0.4) is 0 Å². The number of carbonyl (C=O) groups excluding carboxylic acids is 3. The minimum atomic E-state index is -0.760. The molecular weight excluding hydrogens is 630 g/mol. The zero-order valence-electron chi connectivity index (χ0n) is 24.8. The van der Waals surface area contributed by atoms with Gasteiger partial charge in [0.25, 0.3) is 11.8 Å². The molecule has 1 N–H and O–H groups in total. The zero-order chi connectivity index (χ0) is 31.1. The van der Waals surface area contributed by atoms with Crippen LogP contribution in [-0.4, -0.2) is 37.5 Å². The van der Waals surface area contributed by atoms with Gasteiger partial charge in [0.05, 0.1) is 12.3 Å². The van der Waals surface area contributed by atoms with Crippen LogP contribution < -0.4 is 19.9 Å². The van der Waals surface area contributed by atoms with Gasteiger partial charge in [0, 0.05) is 40.6 Å². The summed E-state index contributed by atoms with van der Waals surface area (Å²) in [6.07, 6.45) is 3.34. The Balaban J connectivity index is 1.39. The minimum Gasteiger partial charge on any atom is -0.493 e. The number of imide groups is 2. The van der Waals surface area contributed by atoms with Crippen molar-refractivity contribution >= 4 is 51.2 Å². The van der Waals surface area contributed by atoms with E-state index in [1.54, 1.807) is 12.1 Å². The number of halogens is 1. The highest BCUT2D eigenvalue weighted by atomic mass is 79.9. The lowest BCUT2D eigenvalue weighted by molar-refractivity contribution is -0.122. The molecule has 0 radical (unpaired) electrons. The van der Waals surface area contributed by atoms with E-state index in [0.29, 0.717) is 23.6 Å². The van der Waals surface area contributed by atoms with Crippen LogP contribution in [0, 0.1) is 0 Å². The SMILES string of the molecule is CCOc1ccc(Br)cc1/C=C1\C(=O)NC(=O)N(c2cc3c4c(c2)[C@H](c2ccccc2)CCN4CC[C@H]3c2ccccc2)C1=O. The van der Waals surface area contributed by atoms with Crippen molar-refractivity contribution in [1.29, 1.82) is 0 Å². The predicted molar refractivity (Wildman–Crippen MR) is 179 cm³/mol. The Labute approximate surface area is 270 Å². The van der Waals surface area contributed by atoms with Gasteiger partial charge in [-0.2, -0.15) is 0 Å². The number of nitrogens with zero attached hydrogens (tertiary/aromatic N) is 2. The summed E-state index contributed by atoms with van der Waals surface area (Å²) >= 11 is 3.47. The Morgan fingerprint density at radius 1 is 0.844 bits per heavy atom. The topological polar surface area (TPSA) is 79.0 Å². The fourth-order valence-corrected chi connectivity index (χ4v) is 7.31. The number of ether oxygens (including phenoxy) is 1. The number of anilines is 2. The number of carbonyl (C=O) groups is 3. The van der Waals surface area contributed by atoms with Gasteiger partial charge in [0.2, 0.25) is 0 Å². The number of benzene rings is 4. The summed E-state index contributed by atoms with van der Waals surface area (Å²) in [5, 5.41) is 2.42. The largest absolute Gasteiger partial charge is 0.493 e. The molecule has 0 aliphatic carbocycles. The fourth-order valence-electron chi connectivity index (χ4n) is 6.94. The van der Waals surface area contributed by atoms with Crippen LogP contribution in [0.2, 0.25) is 0 Å². The summed E-state index contributed by atoms with van der Waals surface area (Å²) in [7, 11) is 0. The van der Waals surface area contributed by atoms with Gasteiger partial charge in [-0.25, -0.2) is 9.69 Å². The second-order valence-corrected chi connectivity index (χ2v) is 12.5. The van der Waals surface area contributed by atoms with Crippen molar-refractivity contribution in [3.63, 3.8) is 0 Å². The normalized spacial score (nSPS) is 20.2. The van der Waals surface area contributed by atoms with Crippen LogP contribution in [0.15, 0.2) is 101 Å². The van der Waals surface area contributed by atoms with Crippen LogP contribution in [0.4, 0.5) is 16.2 Å². The molecule has 0 bridgehead atoms. The molecule has 1 fully saturated rings. The fraction of sp³-hybridized carbons (Fsp3) is 0.216. The lowest BCUT2D eigenvalue weighted by Gasteiger charge is -2.44. The first-order valence-corrected chi connectivity index (χ1v) is 16.1. The molecule has 8 heteroatoms. The summed E-state index contributed by atoms with van der Waals surface area (Å²) in [6.45, 7) is 4.15. The van der Waals surface area contributed by atoms with E-state index in [4.69, 9.17) is 4.74 Å². The quantitative estimate of drug-likeness (QED) is 0.172. The van der Waals surface area contributed by atoms with E-state index in [1.807, 2.05) is 61.5 Å². The molecule has 0 spiro atoms. The number of barbiturate groups is 1. The highest BCUT2D eigenvalue weighted by Crippen LogP contribution is 2.50. The van der Waals surface area contributed by atoms with Crippen molar-refractivity contribution in [2.75, 3.05) is 29.5 Å². The maximum Gasteiger partial charge on any atom is 0.335 e. The van der Waals surface area contributed by atoms with E-state index in [9.17, 15) is 14.4 Å². The van der Waals surface area contributed by atoms with Crippen molar-refractivity contribution in [2.24, 2.45) is 0 Å². The van der Waals surface area contributed by atoms with E-state index in [0.717, 1.165) is 46.4 Å². The summed E-state index contributed by atoms with van der Waals surface area (Å²) in [5.41, 5.74) is 6.64. The number of hydrogen-bond donors (Lipinski definition) is 1. The molecule has 7 nitrogen and oxygen atoms in total. The van der Waals surface area contributed by atoms with Gasteiger partial charge in [-0.1, -0.05) is 76.6 Å². The number of amides is 4. The molecule has 4 amide bonds. The summed E-state index contributed by atoms with van der Waals surface area (Å²) < 4.78 is 6.53. The Bertz CT molecular complexity index is 1770. The van der Waals surface area contributed by atoms with Crippen molar-refractivity contribution in [3.8, 4) is 5.75 Å². The van der Waals surface area contributed by atoms with E-state index in [1.165, 1.54) is 22.9 Å². The Kier molecular flexibility index (Phi) is 7.75.